The molecule has 0 radical (unpaired) electrons. The maximum absolute atomic E-state index is 12.2. The second-order valence-electron chi connectivity index (χ2n) is 3.83. The van der Waals surface area contributed by atoms with Crippen LogP contribution in [0.3, 0.4) is 0 Å². The summed E-state index contributed by atoms with van der Waals surface area (Å²) in [5.74, 6) is -0.342. The molecule has 2 rings (SSSR count). The number of phenolic OH excluding ortho intramolecular Hbond substituents is 1. The number of nitrogens with one attached hydrogen (secondary N) is 1. The first-order chi connectivity index (χ1) is 8.09. The van der Waals surface area contributed by atoms with Crippen molar-refractivity contribution in [2.24, 2.45) is 0 Å². The van der Waals surface area contributed by atoms with Gasteiger partial charge in [-0.1, -0.05) is 27.5 Å². The Kier molecular flexibility index (Phi) is 5.72. The fraction of sp³-hybridized carbons (Fsp3) is 0.364. The Morgan fingerprint density at radius 3 is 2.61 bits per heavy atom. The van der Waals surface area contributed by atoms with Crippen molar-refractivity contribution in [1.29, 1.82) is 0 Å². The third-order valence-electron chi connectivity index (χ3n) is 2.66. The minimum atomic E-state index is -0.188. The van der Waals surface area contributed by atoms with E-state index in [-0.39, 0.29) is 34.6 Å². The van der Waals surface area contributed by atoms with Crippen LogP contribution in [0, 0.1) is 0 Å². The van der Waals surface area contributed by atoms with Crippen molar-refractivity contribution in [3.63, 3.8) is 0 Å². The lowest BCUT2D eigenvalue weighted by molar-refractivity contribution is 0.0732. The molecule has 0 atom stereocenters. The third kappa shape index (κ3) is 3.29. The van der Waals surface area contributed by atoms with Crippen LogP contribution in [0.25, 0.3) is 0 Å². The second-order valence-corrected chi connectivity index (χ2v) is 5.15. The van der Waals surface area contributed by atoms with Gasteiger partial charge in [0.05, 0.1) is 10.6 Å². The number of carbonyl (C=O) groups is 1. The number of rotatable bonds is 1. The fourth-order valence-electron chi connectivity index (χ4n) is 1.77. The number of phenols is 1. The van der Waals surface area contributed by atoms with E-state index in [2.05, 4.69) is 21.2 Å². The van der Waals surface area contributed by atoms with E-state index in [0.717, 1.165) is 13.1 Å². The summed E-state index contributed by atoms with van der Waals surface area (Å²) in [7, 11) is 0. The van der Waals surface area contributed by atoms with Crippen LogP contribution in [-0.4, -0.2) is 42.1 Å². The average Bonchev–Trinajstić information content (AvgIpc) is 2.34. The largest absolute Gasteiger partial charge is 0.506 e. The van der Waals surface area contributed by atoms with Crippen LogP contribution in [0.4, 0.5) is 0 Å². The molecule has 18 heavy (non-hydrogen) atoms. The molecule has 1 aliphatic rings. The molecule has 1 saturated heterocycles. The summed E-state index contributed by atoms with van der Waals surface area (Å²) < 4.78 is 0.679. The van der Waals surface area contributed by atoms with Gasteiger partial charge in [-0.2, -0.15) is 0 Å². The van der Waals surface area contributed by atoms with E-state index < -0.39 is 0 Å². The maximum atomic E-state index is 12.2. The SMILES string of the molecule is Cl.O=C(c1cc(Br)cc(Cl)c1O)N1CCNCC1. The quantitative estimate of drug-likeness (QED) is 0.812. The van der Waals surface area contributed by atoms with E-state index in [1.54, 1.807) is 17.0 Å². The Labute approximate surface area is 125 Å². The summed E-state index contributed by atoms with van der Waals surface area (Å²) in [6.45, 7) is 2.83. The van der Waals surface area contributed by atoms with E-state index in [1.165, 1.54) is 0 Å². The predicted octanol–water partition coefficient (Wildman–Crippen LogP) is 2.28. The van der Waals surface area contributed by atoms with Crippen LogP contribution in [0.2, 0.25) is 5.02 Å². The van der Waals surface area contributed by atoms with Gasteiger partial charge in [0.25, 0.3) is 5.91 Å². The number of piperazine rings is 1. The van der Waals surface area contributed by atoms with Gasteiger partial charge in [0.15, 0.2) is 0 Å². The van der Waals surface area contributed by atoms with Crippen molar-refractivity contribution in [3.8, 4) is 5.75 Å². The molecule has 0 bridgehead atoms. The van der Waals surface area contributed by atoms with Gasteiger partial charge >= 0.3 is 0 Å². The number of hydrogen-bond donors (Lipinski definition) is 2. The van der Waals surface area contributed by atoms with Crippen LogP contribution >= 0.6 is 39.9 Å². The van der Waals surface area contributed by atoms with Gasteiger partial charge in [-0.25, -0.2) is 0 Å². The highest BCUT2D eigenvalue weighted by Crippen LogP contribution is 2.32. The summed E-state index contributed by atoms with van der Waals surface area (Å²) in [5, 5.41) is 13.2. The van der Waals surface area contributed by atoms with Crippen LogP contribution in [0.15, 0.2) is 16.6 Å². The van der Waals surface area contributed by atoms with Gasteiger partial charge in [0.1, 0.15) is 5.75 Å². The first kappa shape index (κ1) is 15.6. The van der Waals surface area contributed by atoms with E-state index in [1.807, 2.05) is 0 Å². The number of amides is 1. The molecule has 7 heteroatoms. The van der Waals surface area contributed by atoms with Gasteiger partial charge in [0.2, 0.25) is 0 Å². The molecule has 1 amide bonds. The van der Waals surface area contributed by atoms with Crippen LogP contribution in [-0.2, 0) is 0 Å². The molecule has 4 nitrogen and oxygen atoms in total. The number of halogens is 3. The molecular weight excluding hydrogens is 343 g/mol. The summed E-state index contributed by atoms with van der Waals surface area (Å²) >= 11 is 9.10. The highest BCUT2D eigenvalue weighted by molar-refractivity contribution is 9.10. The van der Waals surface area contributed by atoms with E-state index in [4.69, 9.17) is 11.6 Å². The number of carbonyl (C=O) groups excluding carboxylic acids is 1. The molecule has 0 spiro atoms. The fourth-order valence-corrected chi connectivity index (χ4v) is 2.58. The number of hydrogen-bond acceptors (Lipinski definition) is 3. The molecule has 1 fully saturated rings. The molecule has 0 aliphatic carbocycles. The first-order valence-corrected chi connectivity index (χ1v) is 6.44. The third-order valence-corrected chi connectivity index (χ3v) is 3.41. The topological polar surface area (TPSA) is 52.6 Å². The molecule has 1 aromatic carbocycles. The van der Waals surface area contributed by atoms with Crippen LogP contribution < -0.4 is 5.32 Å². The molecule has 1 aliphatic heterocycles. The van der Waals surface area contributed by atoms with E-state index in [9.17, 15) is 9.90 Å². The Bertz CT molecular complexity index is 451. The van der Waals surface area contributed by atoms with Crippen LogP contribution in [0.5, 0.6) is 5.75 Å². The highest BCUT2D eigenvalue weighted by atomic mass is 79.9. The molecule has 1 heterocycles. The molecule has 1 aromatic rings. The zero-order valence-corrected chi connectivity index (χ0v) is 12.6. The molecule has 100 valence electrons. The zero-order chi connectivity index (χ0) is 12.4. The zero-order valence-electron chi connectivity index (χ0n) is 9.45. The summed E-state index contributed by atoms with van der Waals surface area (Å²) in [5.41, 5.74) is 0.242. The molecule has 0 unspecified atom stereocenters. The van der Waals surface area contributed by atoms with Crippen molar-refractivity contribution in [1.82, 2.24) is 10.2 Å². The number of aromatic hydroxyl groups is 1. The molecular formula is C11H13BrCl2N2O2. The van der Waals surface area contributed by atoms with Crippen molar-refractivity contribution < 1.29 is 9.90 Å². The van der Waals surface area contributed by atoms with Gasteiger partial charge in [0, 0.05) is 30.7 Å². The lowest BCUT2D eigenvalue weighted by atomic mass is 10.1. The minimum absolute atomic E-state index is 0. The van der Waals surface area contributed by atoms with Crippen molar-refractivity contribution in [2.45, 2.75) is 0 Å². The Balaban J connectivity index is 0.00000162. The van der Waals surface area contributed by atoms with Crippen molar-refractivity contribution >= 4 is 45.8 Å². The van der Waals surface area contributed by atoms with Crippen LogP contribution in [0.1, 0.15) is 10.4 Å². The molecule has 0 saturated carbocycles. The van der Waals surface area contributed by atoms with E-state index >= 15 is 0 Å². The number of nitrogens with zero attached hydrogens (tertiary/aromatic N) is 1. The van der Waals surface area contributed by atoms with Gasteiger partial charge < -0.3 is 15.3 Å². The lowest BCUT2D eigenvalue weighted by Gasteiger charge is -2.27. The highest BCUT2D eigenvalue weighted by Gasteiger charge is 2.22. The normalized spacial score (nSPS) is 15.1. The number of benzene rings is 1. The standard InChI is InChI=1S/C11H12BrClN2O2.ClH/c12-7-5-8(10(16)9(13)6-7)11(17)15-3-1-14-2-4-15;/h5-6,14,16H,1-4H2;1H. The van der Waals surface area contributed by atoms with Gasteiger partial charge in [-0.15, -0.1) is 12.4 Å². The lowest BCUT2D eigenvalue weighted by Crippen LogP contribution is -2.46. The van der Waals surface area contributed by atoms with Crippen molar-refractivity contribution in [2.75, 3.05) is 26.2 Å². The van der Waals surface area contributed by atoms with E-state index in [0.29, 0.717) is 17.6 Å². The Morgan fingerprint density at radius 1 is 1.39 bits per heavy atom. The Morgan fingerprint density at radius 2 is 2.00 bits per heavy atom. The van der Waals surface area contributed by atoms with Gasteiger partial charge in [-0.3, -0.25) is 4.79 Å². The monoisotopic (exact) mass is 354 g/mol. The summed E-state index contributed by atoms with van der Waals surface area (Å²) in [6.07, 6.45) is 0. The summed E-state index contributed by atoms with van der Waals surface area (Å²) in [4.78, 5) is 13.9. The molecule has 2 N–H and O–H groups in total. The second kappa shape index (κ2) is 6.61. The maximum Gasteiger partial charge on any atom is 0.257 e. The smallest absolute Gasteiger partial charge is 0.257 e. The average molecular weight is 356 g/mol. The summed E-state index contributed by atoms with van der Waals surface area (Å²) in [6, 6.07) is 3.15. The van der Waals surface area contributed by atoms with Crippen molar-refractivity contribution in [3.05, 3.63) is 27.2 Å². The minimum Gasteiger partial charge on any atom is -0.506 e. The first-order valence-electron chi connectivity index (χ1n) is 5.27. The molecule has 0 aromatic heterocycles. The predicted molar refractivity (Wildman–Crippen MR) is 76.8 cm³/mol. The van der Waals surface area contributed by atoms with Gasteiger partial charge in [-0.05, 0) is 12.1 Å². The Hall–Kier alpha value is -0.490.